The first kappa shape index (κ1) is 26.2. The number of benzene rings is 3. The van der Waals surface area contributed by atoms with Gasteiger partial charge in [-0.15, -0.1) is 0 Å². The van der Waals surface area contributed by atoms with Crippen LogP contribution in [0.2, 0.25) is 10.0 Å². The van der Waals surface area contributed by atoms with E-state index in [1.54, 1.807) is 48.5 Å². The lowest BCUT2D eigenvalue weighted by Gasteiger charge is -2.37. The number of piperidine rings is 1. The van der Waals surface area contributed by atoms with Gasteiger partial charge in [0, 0.05) is 16.6 Å². The molecule has 8 heteroatoms. The number of nitrogens with zero attached hydrogens (tertiary/aromatic N) is 3. The van der Waals surface area contributed by atoms with Crippen LogP contribution in [-0.4, -0.2) is 47.9 Å². The van der Waals surface area contributed by atoms with Crippen molar-refractivity contribution in [3.05, 3.63) is 106 Å². The van der Waals surface area contributed by atoms with E-state index in [0.29, 0.717) is 34.1 Å². The Labute approximate surface area is 232 Å². The minimum atomic E-state index is -1.35. The SMILES string of the molecule is N#CC1(c2ccccc2)CCN(CCCN2C(=O)NC(c3ccc(Cl)cc3)(c3ccc(Cl)cc3)C2=O)CC1. The van der Waals surface area contributed by atoms with Crippen LogP contribution in [0.15, 0.2) is 78.9 Å². The summed E-state index contributed by atoms with van der Waals surface area (Å²) in [6, 6.07) is 26.0. The Hall–Kier alpha value is -3.37. The van der Waals surface area contributed by atoms with Gasteiger partial charge in [-0.05, 0) is 79.9 Å². The number of amides is 3. The first-order chi connectivity index (χ1) is 18.4. The van der Waals surface area contributed by atoms with Crippen LogP contribution < -0.4 is 5.32 Å². The van der Waals surface area contributed by atoms with Gasteiger partial charge < -0.3 is 10.2 Å². The van der Waals surface area contributed by atoms with Crippen LogP contribution in [0.4, 0.5) is 4.79 Å². The number of nitrogens with one attached hydrogen (secondary N) is 1. The van der Waals surface area contributed by atoms with E-state index in [-0.39, 0.29) is 5.91 Å². The molecule has 0 unspecified atom stereocenters. The normalized spacial score (nSPS) is 18.7. The Bertz CT molecular complexity index is 1300. The topological polar surface area (TPSA) is 76.4 Å². The zero-order valence-corrected chi connectivity index (χ0v) is 22.4. The molecule has 0 aliphatic carbocycles. The quantitative estimate of drug-likeness (QED) is 0.383. The van der Waals surface area contributed by atoms with Crippen molar-refractivity contribution in [3.63, 3.8) is 0 Å². The fraction of sp³-hybridized carbons (Fsp3) is 0.300. The van der Waals surface area contributed by atoms with Crippen LogP contribution in [0.3, 0.4) is 0 Å². The molecule has 2 aliphatic heterocycles. The number of imide groups is 1. The number of urea groups is 1. The number of hydrogen-bond acceptors (Lipinski definition) is 4. The molecule has 0 saturated carbocycles. The molecule has 0 bridgehead atoms. The molecule has 2 aliphatic rings. The molecule has 38 heavy (non-hydrogen) atoms. The fourth-order valence-corrected chi connectivity index (χ4v) is 5.82. The molecule has 6 nitrogen and oxygen atoms in total. The smallest absolute Gasteiger partial charge is 0.315 e. The van der Waals surface area contributed by atoms with Gasteiger partial charge in [-0.2, -0.15) is 5.26 Å². The third-order valence-electron chi connectivity index (χ3n) is 7.77. The molecule has 2 heterocycles. The van der Waals surface area contributed by atoms with E-state index in [2.05, 4.69) is 16.3 Å². The van der Waals surface area contributed by atoms with Crippen molar-refractivity contribution in [2.24, 2.45) is 0 Å². The summed E-state index contributed by atoms with van der Waals surface area (Å²) in [5, 5.41) is 14.0. The van der Waals surface area contributed by atoms with Gasteiger partial charge in [0.2, 0.25) is 0 Å². The molecule has 0 aromatic heterocycles. The summed E-state index contributed by atoms with van der Waals surface area (Å²) < 4.78 is 0. The Morgan fingerprint density at radius 3 is 1.87 bits per heavy atom. The van der Waals surface area contributed by atoms with E-state index >= 15 is 0 Å². The molecule has 2 saturated heterocycles. The highest BCUT2D eigenvalue weighted by atomic mass is 35.5. The van der Waals surface area contributed by atoms with Crippen molar-refractivity contribution in [1.29, 1.82) is 5.26 Å². The number of carbonyl (C=O) groups is 2. The molecular weight excluding hydrogens is 519 g/mol. The second-order valence-electron chi connectivity index (χ2n) is 9.91. The number of nitriles is 1. The molecule has 3 aromatic carbocycles. The molecule has 0 spiro atoms. The Morgan fingerprint density at radius 2 is 1.34 bits per heavy atom. The van der Waals surface area contributed by atoms with Gasteiger partial charge in [-0.3, -0.25) is 9.69 Å². The van der Waals surface area contributed by atoms with Gasteiger partial charge in [-0.25, -0.2) is 4.79 Å². The largest absolute Gasteiger partial charge is 0.325 e. The number of carbonyl (C=O) groups excluding carboxylic acids is 2. The van der Waals surface area contributed by atoms with Crippen LogP contribution >= 0.6 is 23.2 Å². The van der Waals surface area contributed by atoms with Crippen LogP contribution in [0.1, 0.15) is 36.0 Å². The number of halogens is 2. The summed E-state index contributed by atoms with van der Waals surface area (Å²) in [4.78, 5) is 30.6. The molecular formula is C30H28Cl2N4O2. The molecule has 0 atom stereocenters. The molecule has 5 rings (SSSR count). The van der Waals surface area contributed by atoms with Crippen molar-refractivity contribution >= 4 is 35.1 Å². The summed E-state index contributed by atoms with van der Waals surface area (Å²) in [6.45, 7) is 2.62. The van der Waals surface area contributed by atoms with Gasteiger partial charge >= 0.3 is 6.03 Å². The summed E-state index contributed by atoms with van der Waals surface area (Å²) in [5.41, 5.74) is 0.533. The fourth-order valence-electron chi connectivity index (χ4n) is 5.57. The standard InChI is InChI=1S/C30H28Cl2N4O2/c31-25-11-7-23(8-12-25)30(24-9-13-26(32)14-10-24)27(37)36(28(38)34-30)18-4-17-35-19-15-29(21-33,16-20-35)22-5-2-1-3-6-22/h1-3,5-14H,4,15-20H2,(H,34,38). The Balaban J connectivity index is 1.27. The van der Waals surface area contributed by atoms with Crippen molar-refractivity contribution in [3.8, 4) is 6.07 Å². The van der Waals surface area contributed by atoms with Crippen molar-refractivity contribution in [2.75, 3.05) is 26.2 Å². The van der Waals surface area contributed by atoms with Crippen LogP contribution in [-0.2, 0) is 15.7 Å². The van der Waals surface area contributed by atoms with E-state index in [4.69, 9.17) is 23.2 Å². The highest BCUT2D eigenvalue weighted by molar-refractivity contribution is 6.31. The maximum atomic E-state index is 13.9. The third-order valence-corrected chi connectivity index (χ3v) is 8.27. The van der Waals surface area contributed by atoms with Gasteiger partial charge in [0.25, 0.3) is 5.91 Å². The van der Waals surface area contributed by atoms with Crippen LogP contribution in [0.25, 0.3) is 0 Å². The summed E-state index contributed by atoms with van der Waals surface area (Å²) in [6.07, 6.45) is 2.15. The zero-order valence-electron chi connectivity index (χ0n) is 20.9. The van der Waals surface area contributed by atoms with E-state index in [0.717, 1.165) is 38.0 Å². The minimum Gasteiger partial charge on any atom is -0.315 e. The summed E-state index contributed by atoms with van der Waals surface area (Å²) >= 11 is 12.2. The van der Waals surface area contributed by atoms with E-state index in [1.165, 1.54) is 4.90 Å². The zero-order chi connectivity index (χ0) is 26.8. The van der Waals surface area contributed by atoms with Gasteiger partial charge in [0.1, 0.15) is 0 Å². The molecule has 1 N–H and O–H groups in total. The lowest BCUT2D eigenvalue weighted by Crippen LogP contribution is -2.45. The second-order valence-corrected chi connectivity index (χ2v) is 10.8. The van der Waals surface area contributed by atoms with Gasteiger partial charge in [-0.1, -0.05) is 77.8 Å². The van der Waals surface area contributed by atoms with E-state index < -0.39 is 17.0 Å². The number of rotatable bonds is 7. The molecule has 194 valence electrons. The Morgan fingerprint density at radius 1 is 0.789 bits per heavy atom. The molecule has 0 radical (unpaired) electrons. The third kappa shape index (κ3) is 4.78. The predicted molar refractivity (Wildman–Crippen MR) is 148 cm³/mol. The molecule has 2 fully saturated rings. The van der Waals surface area contributed by atoms with Gasteiger partial charge in [0.15, 0.2) is 5.54 Å². The predicted octanol–water partition coefficient (Wildman–Crippen LogP) is 5.74. The lowest BCUT2D eigenvalue weighted by molar-refractivity contribution is -0.130. The average molecular weight is 547 g/mol. The molecule has 3 amide bonds. The monoisotopic (exact) mass is 546 g/mol. The highest BCUT2D eigenvalue weighted by Gasteiger charge is 2.53. The summed E-state index contributed by atoms with van der Waals surface area (Å²) in [5.74, 6) is -0.321. The minimum absolute atomic E-state index is 0.298. The first-order valence-electron chi connectivity index (χ1n) is 12.7. The number of likely N-dealkylation sites (tertiary alicyclic amines) is 1. The average Bonchev–Trinajstić information content (AvgIpc) is 3.20. The van der Waals surface area contributed by atoms with Gasteiger partial charge in [0.05, 0.1) is 11.5 Å². The Kier molecular flexibility index (Phi) is 7.45. The maximum Gasteiger partial charge on any atom is 0.325 e. The van der Waals surface area contributed by atoms with Crippen molar-refractivity contribution in [1.82, 2.24) is 15.1 Å². The van der Waals surface area contributed by atoms with E-state index in [1.807, 2.05) is 30.3 Å². The highest BCUT2D eigenvalue weighted by Crippen LogP contribution is 2.38. The van der Waals surface area contributed by atoms with E-state index in [9.17, 15) is 14.9 Å². The molecule has 3 aromatic rings. The van der Waals surface area contributed by atoms with Crippen LogP contribution in [0, 0.1) is 11.3 Å². The van der Waals surface area contributed by atoms with Crippen molar-refractivity contribution < 1.29 is 9.59 Å². The second kappa shape index (κ2) is 10.8. The first-order valence-corrected chi connectivity index (χ1v) is 13.5. The lowest BCUT2D eigenvalue weighted by atomic mass is 9.74. The van der Waals surface area contributed by atoms with Crippen LogP contribution in [0.5, 0.6) is 0 Å². The maximum absolute atomic E-state index is 13.9. The number of hydrogen-bond donors (Lipinski definition) is 1. The summed E-state index contributed by atoms with van der Waals surface area (Å²) in [7, 11) is 0. The van der Waals surface area contributed by atoms with Crippen molar-refractivity contribution in [2.45, 2.75) is 30.2 Å².